The monoisotopic (exact) mass is 223 g/mol. The summed E-state index contributed by atoms with van der Waals surface area (Å²) in [6, 6.07) is 5.53. The third-order valence-corrected chi connectivity index (χ3v) is 2.39. The van der Waals surface area contributed by atoms with Crippen LogP contribution in [-0.2, 0) is 0 Å². The summed E-state index contributed by atoms with van der Waals surface area (Å²) < 4.78 is 10.9. The fourth-order valence-corrected chi connectivity index (χ4v) is 1.57. The highest BCUT2D eigenvalue weighted by Crippen LogP contribution is 2.34. The maximum absolute atomic E-state index is 9.54. The van der Waals surface area contributed by atoms with Crippen LogP contribution in [0.1, 0.15) is 25.5 Å². The van der Waals surface area contributed by atoms with E-state index in [1.54, 1.807) is 13.8 Å². The molecule has 2 rings (SSSR count). The van der Waals surface area contributed by atoms with Crippen molar-refractivity contribution in [2.24, 2.45) is 5.73 Å². The molecule has 1 unspecified atom stereocenters. The van der Waals surface area contributed by atoms with Crippen LogP contribution in [0, 0.1) is 0 Å². The molecule has 4 nitrogen and oxygen atoms in total. The van der Waals surface area contributed by atoms with Gasteiger partial charge in [0, 0.05) is 11.6 Å². The molecule has 3 N–H and O–H groups in total. The summed E-state index contributed by atoms with van der Waals surface area (Å²) in [5, 5.41) is 9.54. The highest BCUT2D eigenvalue weighted by Gasteiger charge is 2.21. The largest absolute Gasteiger partial charge is 0.491 e. The van der Waals surface area contributed by atoms with Gasteiger partial charge in [-0.3, -0.25) is 0 Å². The molecule has 88 valence electrons. The molecule has 0 saturated heterocycles. The third-order valence-electron chi connectivity index (χ3n) is 2.39. The lowest BCUT2D eigenvalue weighted by atomic mass is 10.1. The number of ether oxygens (including phenoxy) is 2. The Hall–Kier alpha value is -1.26. The van der Waals surface area contributed by atoms with Gasteiger partial charge in [-0.15, -0.1) is 0 Å². The molecule has 0 saturated carbocycles. The van der Waals surface area contributed by atoms with E-state index in [-0.39, 0.29) is 12.6 Å². The van der Waals surface area contributed by atoms with Crippen LogP contribution in [-0.4, -0.2) is 23.9 Å². The maximum atomic E-state index is 9.54. The minimum absolute atomic E-state index is 0.0432. The summed E-state index contributed by atoms with van der Waals surface area (Å²) >= 11 is 0. The van der Waals surface area contributed by atoms with Gasteiger partial charge < -0.3 is 20.3 Å². The topological polar surface area (TPSA) is 64.7 Å². The Labute approximate surface area is 95.0 Å². The number of hydrogen-bond acceptors (Lipinski definition) is 4. The fraction of sp³-hybridized carbons (Fsp3) is 0.500. The maximum Gasteiger partial charge on any atom is 0.127 e. The van der Waals surface area contributed by atoms with Crippen molar-refractivity contribution in [1.82, 2.24) is 0 Å². The molecule has 0 fully saturated rings. The van der Waals surface area contributed by atoms with Gasteiger partial charge in [-0.25, -0.2) is 0 Å². The Morgan fingerprint density at radius 1 is 1.56 bits per heavy atom. The number of hydrogen-bond donors (Lipinski definition) is 2. The molecule has 1 aromatic rings. The first kappa shape index (κ1) is 11.2. The van der Waals surface area contributed by atoms with Crippen LogP contribution in [0.2, 0.25) is 0 Å². The summed E-state index contributed by atoms with van der Waals surface area (Å²) in [6.45, 7) is 4.17. The lowest BCUT2D eigenvalue weighted by Crippen LogP contribution is -2.27. The standard InChI is InChI=1S/C12H17NO3/c1-12(2,14)7-16-8-3-4-9-10(13)6-15-11(9)5-8/h3-5,10,14H,6-7,13H2,1-2H3. The van der Waals surface area contributed by atoms with E-state index in [0.29, 0.717) is 12.4 Å². The first-order valence-corrected chi connectivity index (χ1v) is 5.33. The Balaban J connectivity index is 2.08. The Kier molecular flexibility index (Phi) is 2.78. The molecule has 1 aliphatic rings. The lowest BCUT2D eigenvalue weighted by molar-refractivity contribution is 0.0284. The van der Waals surface area contributed by atoms with Crippen LogP contribution < -0.4 is 15.2 Å². The van der Waals surface area contributed by atoms with E-state index in [1.165, 1.54) is 0 Å². The van der Waals surface area contributed by atoms with E-state index < -0.39 is 5.60 Å². The average Bonchev–Trinajstić information content (AvgIpc) is 2.56. The van der Waals surface area contributed by atoms with Gasteiger partial charge in [-0.05, 0) is 26.0 Å². The number of nitrogens with two attached hydrogens (primary N) is 1. The second kappa shape index (κ2) is 3.96. The summed E-state index contributed by atoms with van der Waals surface area (Å²) in [7, 11) is 0. The molecule has 0 aliphatic carbocycles. The van der Waals surface area contributed by atoms with E-state index in [9.17, 15) is 5.11 Å². The van der Waals surface area contributed by atoms with Crippen molar-refractivity contribution >= 4 is 0 Å². The average molecular weight is 223 g/mol. The van der Waals surface area contributed by atoms with Crippen molar-refractivity contribution in [2.75, 3.05) is 13.2 Å². The normalized spacial score (nSPS) is 19.1. The second-order valence-electron chi connectivity index (χ2n) is 4.72. The van der Waals surface area contributed by atoms with Crippen molar-refractivity contribution in [3.63, 3.8) is 0 Å². The molecule has 0 radical (unpaired) electrons. The Morgan fingerprint density at radius 2 is 2.31 bits per heavy atom. The van der Waals surface area contributed by atoms with E-state index in [0.717, 1.165) is 11.3 Å². The highest BCUT2D eigenvalue weighted by atomic mass is 16.5. The number of rotatable bonds is 3. The predicted molar refractivity (Wildman–Crippen MR) is 60.7 cm³/mol. The van der Waals surface area contributed by atoms with Gasteiger partial charge in [0.1, 0.15) is 24.7 Å². The molecular weight excluding hydrogens is 206 g/mol. The molecule has 0 spiro atoms. The molecule has 1 aliphatic heterocycles. The van der Waals surface area contributed by atoms with Crippen LogP contribution in [0.3, 0.4) is 0 Å². The molecule has 0 amide bonds. The van der Waals surface area contributed by atoms with Gasteiger partial charge in [0.05, 0.1) is 11.6 Å². The third kappa shape index (κ3) is 2.46. The summed E-state index contributed by atoms with van der Waals surface area (Å²) in [5.74, 6) is 1.47. The first-order chi connectivity index (χ1) is 7.46. The van der Waals surface area contributed by atoms with E-state index >= 15 is 0 Å². The van der Waals surface area contributed by atoms with Gasteiger partial charge in [-0.1, -0.05) is 0 Å². The van der Waals surface area contributed by atoms with Gasteiger partial charge in [0.25, 0.3) is 0 Å². The van der Waals surface area contributed by atoms with Gasteiger partial charge >= 0.3 is 0 Å². The summed E-state index contributed by atoms with van der Waals surface area (Å²) in [5.41, 5.74) is 6.01. The van der Waals surface area contributed by atoms with E-state index in [1.807, 2.05) is 18.2 Å². The highest BCUT2D eigenvalue weighted by molar-refractivity contribution is 5.44. The second-order valence-corrected chi connectivity index (χ2v) is 4.72. The van der Waals surface area contributed by atoms with Gasteiger partial charge in [0.15, 0.2) is 0 Å². The Bertz CT molecular complexity index is 384. The zero-order valence-corrected chi connectivity index (χ0v) is 9.56. The SMILES string of the molecule is CC(C)(O)COc1ccc2c(c1)OCC2N. The fourth-order valence-electron chi connectivity index (χ4n) is 1.57. The smallest absolute Gasteiger partial charge is 0.127 e. The molecule has 16 heavy (non-hydrogen) atoms. The first-order valence-electron chi connectivity index (χ1n) is 5.33. The summed E-state index contributed by atoms with van der Waals surface area (Å²) in [4.78, 5) is 0. The summed E-state index contributed by atoms with van der Waals surface area (Å²) in [6.07, 6.45) is 0. The van der Waals surface area contributed by atoms with Crippen LogP contribution in [0.15, 0.2) is 18.2 Å². The zero-order chi connectivity index (χ0) is 11.8. The molecule has 1 atom stereocenters. The predicted octanol–water partition coefficient (Wildman–Crippen LogP) is 1.23. The lowest BCUT2D eigenvalue weighted by Gasteiger charge is -2.18. The van der Waals surface area contributed by atoms with Crippen molar-refractivity contribution in [1.29, 1.82) is 0 Å². The molecule has 4 heteroatoms. The molecule has 0 aromatic heterocycles. The Morgan fingerprint density at radius 3 is 3.00 bits per heavy atom. The van der Waals surface area contributed by atoms with Crippen LogP contribution >= 0.6 is 0 Å². The minimum Gasteiger partial charge on any atom is -0.491 e. The van der Waals surface area contributed by atoms with Gasteiger partial charge in [0.2, 0.25) is 0 Å². The number of fused-ring (bicyclic) bond motifs is 1. The van der Waals surface area contributed by atoms with Crippen LogP contribution in [0.25, 0.3) is 0 Å². The van der Waals surface area contributed by atoms with Crippen LogP contribution in [0.5, 0.6) is 11.5 Å². The molecule has 0 bridgehead atoms. The molecule has 1 heterocycles. The van der Waals surface area contributed by atoms with E-state index in [2.05, 4.69) is 0 Å². The molecular formula is C12H17NO3. The van der Waals surface area contributed by atoms with Crippen molar-refractivity contribution in [3.05, 3.63) is 23.8 Å². The molecule has 1 aromatic carbocycles. The van der Waals surface area contributed by atoms with Crippen molar-refractivity contribution < 1.29 is 14.6 Å². The van der Waals surface area contributed by atoms with Crippen molar-refractivity contribution in [3.8, 4) is 11.5 Å². The van der Waals surface area contributed by atoms with Crippen LogP contribution in [0.4, 0.5) is 0 Å². The quantitative estimate of drug-likeness (QED) is 0.809. The van der Waals surface area contributed by atoms with E-state index in [4.69, 9.17) is 15.2 Å². The number of aliphatic hydroxyl groups is 1. The number of benzene rings is 1. The zero-order valence-electron chi connectivity index (χ0n) is 9.56. The van der Waals surface area contributed by atoms with Gasteiger partial charge in [-0.2, -0.15) is 0 Å². The minimum atomic E-state index is -0.837. The van der Waals surface area contributed by atoms with Crippen molar-refractivity contribution in [2.45, 2.75) is 25.5 Å².